The zero-order valence-electron chi connectivity index (χ0n) is 13.9. The molecule has 1 heterocycles. The largest absolute Gasteiger partial charge is 0.378 e. The second-order valence-electron chi connectivity index (χ2n) is 6.33. The number of hydrogen-bond acceptors (Lipinski definition) is 2. The van der Waals surface area contributed by atoms with Crippen LogP contribution in [0.5, 0.6) is 0 Å². The van der Waals surface area contributed by atoms with E-state index in [1.165, 1.54) is 16.7 Å². The van der Waals surface area contributed by atoms with Crippen LogP contribution in [0.25, 0.3) is 5.57 Å². The third-order valence-corrected chi connectivity index (χ3v) is 4.68. The van der Waals surface area contributed by atoms with Crippen LogP contribution in [0.1, 0.15) is 24.0 Å². The predicted octanol–water partition coefficient (Wildman–Crippen LogP) is 3.58. The topological polar surface area (TPSA) is 23.5 Å². The van der Waals surface area contributed by atoms with E-state index in [-0.39, 0.29) is 0 Å². The smallest absolute Gasteiger partial charge is 0.127 e. The highest BCUT2D eigenvalue weighted by Gasteiger charge is 2.29. The molecule has 0 saturated carbocycles. The van der Waals surface area contributed by atoms with Crippen LogP contribution in [0.4, 0.5) is 0 Å². The third-order valence-electron chi connectivity index (χ3n) is 4.68. The maximum atomic E-state index is 10.2. The van der Waals surface area contributed by atoms with Gasteiger partial charge in [-0.1, -0.05) is 72.7 Å². The number of piperidine rings is 1. The van der Waals surface area contributed by atoms with Crippen LogP contribution in [0.3, 0.4) is 0 Å². The van der Waals surface area contributed by atoms with Crippen molar-refractivity contribution < 1.29 is 5.11 Å². The van der Waals surface area contributed by atoms with E-state index in [0.717, 1.165) is 19.6 Å². The molecule has 2 heteroatoms. The van der Waals surface area contributed by atoms with Gasteiger partial charge < -0.3 is 5.11 Å². The molecule has 1 N–H and O–H groups in total. The molecule has 0 amide bonds. The van der Waals surface area contributed by atoms with Crippen LogP contribution >= 0.6 is 0 Å². The van der Waals surface area contributed by atoms with Crippen LogP contribution in [0.2, 0.25) is 0 Å². The molecule has 1 aliphatic heterocycles. The summed E-state index contributed by atoms with van der Waals surface area (Å²) in [6, 6.07) is 20.9. The Morgan fingerprint density at radius 2 is 1.50 bits per heavy atom. The molecule has 1 fully saturated rings. The molecule has 1 saturated heterocycles. The minimum absolute atomic E-state index is 0.642. The number of hydrogen-bond donors (Lipinski definition) is 1. The van der Waals surface area contributed by atoms with Crippen LogP contribution < -0.4 is 0 Å². The van der Waals surface area contributed by atoms with E-state index in [9.17, 15) is 5.11 Å². The maximum Gasteiger partial charge on any atom is 0.127 e. The van der Waals surface area contributed by atoms with E-state index in [1.807, 2.05) is 12.1 Å². The van der Waals surface area contributed by atoms with Crippen molar-refractivity contribution in [1.29, 1.82) is 0 Å². The highest BCUT2D eigenvalue weighted by molar-refractivity contribution is 5.79. The summed E-state index contributed by atoms with van der Waals surface area (Å²) in [5, 5.41) is 10.2. The first kappa shape index (κ1) is 16.5. The summed E-state index contributed by atoms with van der Waals surface area (Å²) in [7, 11) is 0. The van der Waals surface area contributed by atoms with Gasteiger partial charge in [0.1, 0.15) is 5.60 Å². The summed E-state index contributed by atoms with van der Waals surface area (Å²) in [5.41, 5.74) is 2.78. The third kappa shape index (κ3) is 3.94. The Bertz CT molecular complexity index is 678. The second kappa shape index (κ2) is 7.49. The fourth-order valence-electron chi connectivity index (χ4n) is 3.11. The van der Waals surface area contributed by atoms with E-state index in [1.54, 1.807) is 0 Å². The molecule has 0 aliphatic carbocycles. The molecule has 24 heavy (non-hydrogen) atoms. The van der Waals surface area contributed by atoms with E-state index in [4.69, 9.17) is 6.42 Å². The first-order chi connectivity index (χ1) is 11.7. The molecule has 3 rings (SSSR count). The monoisotopic (exact) mass is 317 g/mol. The minimum atomic E-state index is -0.915. The molecule has 122 valence electrons. The van der Waals surface area contributed by atoms with Crippen molar-refractivity contribution in [1.82, 2.24) is 4.90 Å². The molecule has 0 radical (unpaired) electrons. The first-order valence-corrected chi connectivity index (χ1v) is 8.44. The van der Waals surface area contributed by atoms with Crippen molar-refractivity contribution in [2.45, 2.75) is 18.4 Å². The highest BCUT2D eigenvalue weighted by atomic mass is 16.3. The lowest BCUT2D eigenvalue weighted by atomic mass is 9.92. The number of rotatable bonds is 4. The zero-order valence-corrected chi connectivity index (χ0v) is 13.9. The van der Waals surface area contributed by atoms with Gasteiger partial charge in [-0.15, -0.1) is 6.42 Å². The Labute approximate surface area is 144 Å². The highest BCUT2D eigenvalue weighted by Crippen LogP contribution is 2.25. The van der Waals surface area contributed by atoms with Gasteiger partial charge in [-0.25, -0.2) is 0 Å². The lowest BCUT2D eigenvalue weighted by molar-refractivity contribution is 0.0309. The average molecular weight is 317 g/mol. The first-order valence-electron chi connectivity index (χ1n) is 8.44. The van der Waals surface area contributed by atoms with Crippen LogP contribution in [-0.4, -0.2) is 35.2 Å². The number of nitrogens with zero attached hydrogens (tertiary/aromatic N) is 1. The number of benzene rings is 2. The number of likely N-dealkylation sites (tertiary alicyclic amines) is 1. The van der Waals surface area contributed by atoms with E-state index in [0.29, 0.717) is 12.8 Å². The molecular weight excluding hydrogens is 294 g/mol. The normalized spacial score (nSPS) is 17.0. The molecule has 2 aromatic carbocycles. The summed E-state index contributed by atoms with van der Waals surface area (Å²) >= 11 is 0. The Morgan fingerprint density at radius 3 is 1.96 bits per heavy atom. The van der Waals surface area contributed by atoms with E-state index < -0.39 is 5.60 Å². The van der Waals surface area contributed by atoms with E-state index in [2.05, 4.69) is 65.4 Å². The molecule has 0 bridgehead atoms. The number of terminal acetylenes is 1. The van der Waals surface area contributed by atoms with Gasteiger partial charge >= 0.3 is 0 Å². The van der Waals surface area contributed by atoms with Crippen molar-refractivity contribution in [3.63, 3.8) is 0 Å². The SMILES string of the molecule is C#CC1(O)CCN(CC=C(c2ccccc2)c2ccccc2)CC1. The molecule has 0 atom stereocenters. The summed E-state index contributed by atoms with van der Waals surface area (Å²) in [5.74, 6) is 2.53. The Balaban J connectivity index is 1.78. The fraction of sp³-hybridized carbons (Fsp3) is 0.273. The molecule has 2 aromatic rings. The molecule has 0 unspecified atom stereocenters. The molecular formula is C22H23NO. The fourth-order valence-corrected chi connectivity index (χ4v) is 3.11. The van der Waals surface area contributed by atoms with Crippen molar-refractivity contribution in [3.05, 3.63) is 77.9 Å². The van der Waals surface area contributed by atoms with Gasteiger partial charge in [-0.3, -0.25) is 4.90 Å². The van der Waals surface area contributed by atoms with Crippen LogP contribution in [0, 0.1) is 12.3 Å². The number of aliphatic hydroxyl groups is 1. The Hall–Kier alpha value is -2.34. The Morgan fingerprint density at radius 1 is 1.00 bits per heavy atom. The van der Waals surface area contributed by atoms with Gasteiger partial charge in [-0.05, 0) is 16.7 Å². The van der Waals surface area contributed by atoms with E-state index >= 15 is 0 Å². The van der Waals surface area contributed by atoms with Gasteiger partial charge in [0.15, 0.2) is 0 Å². The lowest BCUT2D eigenvalue weighted by Crippen LogP contribution is -2.43. The molecule has 2 nitrogen and oxygen atoms in total. The average Bonchev–Trinajstić information content (AvgIpc) is 2.65. The quantitative estimate of drug-likeness (QED) is 0.871. The summed E-state index contributed by atoms with van der Waals surface area (Å²) in [6.07, 6.45) is 8.99. The summed E-state index contributed by atoms with van der Waals surface area (Å²) in [6.45, 7) is 2.52. The predicted molar refractivity (Wildman–Crippen MR) is 99.4 cm³/mol. The molecule has 1 aliphatic rings. The Kier molecular flexibility index (Phi) is 5.15. The van der Waals surface area contributed by atoms with Crippen molar-refractivity contribution >= 4 is 5.57 Å². The van der Waals surface area contributed by atoms with Gasteiger partial charge in [0.2, 0.25) is 0 Å². The summed E-state index contributed by atoms with van der Waals surface area (Å²) in [4.78, 5) is 2.34. The summed E-state index contributed by atoms with van der Waals surface area (Å²) < 4.78 is 0. The van der Waals surface area contributed by atoms with Gasteiger partial charge in [0.25, 0.3) is 0 Å². The lowest BCUT2D eigenvalue weighted by Gasteiger charge is -2.34. The standard InChI is InChI=1S/C22H23NO/c1-2-22(24)14-17-23(18-15-22)16-13-21(19-9-5-3-6-10-19)20-11-7-4-8-12-20/h1,3-13,24H,14-18H2. The minimum Gasteiger partial charge on any atom is -0.378 e. The van der Waals surface area contributed by atoms with Crippen molar-refractivity contribution in [3.8, 4) is 12.3 Å². The van der Waals surface area contributed by atoms with Crippen molar-refractivity contribution in [2.75, 3.05) is 19.6 Å². The molecule has 0 aromatic heterocycles. The van der Waals surface area contributed by atoms with Crippen LogP contribution in [0.15, 0.2) is 66.7 Å². The van der Waals surface area contributed by atoms with Gasteiger partial charge in [0.05, 0.1) is 0 Å². The van der Waals surface area contributed by atoms with Gasteiger partial charge in [0, 0.05) is 32.5 Å². The van der Waals surface area contributed by atoms with Crippen molar-refractivity contribution in [2.24, 2.45) is 0 Å². The van der Waals surface area contributed by atoms with Gasteiger partial charge in [-0.2, -0.15) is 0 Å². The molecule has 0 spiro atoms. The maximum absolute atomic E-state index is 10.2. The zero-order chi connectivity index (χ0) is 16.8. The van der Waals surface area contributed by atoms with Crippen LogP contribution in [-0.2, 0) is 0 Å². The second-order valence-corrected chi connectivity index (χ2v) is 6.33.